The average Bonchev–Trinajstić information content (AvgIpc) is 2.97. The Morgan fingerprint density at radius 1 is 0.907 bits per heavy atom. The van der Waals surface area contributed by atoms with Crippen LogP contribution < -0.4 is 14.2 Å². The standard InChI is InChI=1S/C24H28N2O4.C6H8O7/c1-28-19-9-8-17-14-18(23(30-3)25-21(17)15-19)16-26-12-10-24(27,11-13-26)20-6-4-5-7-22(20)29-2;7-3(8)1-6(13,5(11)12)2-4(9)10/h4-9,14-15,27H,10-13,16H2,1-3H3;13H,1-2H2,(H,7,8)(H,9,10)(H,11,12). The minimum atomic E-state index is -2.74. The number of likely N-dealkylation sites (tertiary alicyclic amines) is 1. The van der Waals surface area contributed by atoms with Gasteiger partial charge in [0.1, 0.15) is 11.5 Å². The third-order valence-corrected chi connectivity index (χ3v) is 7.23. The van der Waals surface area contributed by atoms with Crippen LogP contribution in [0, 0.1) is 0 Å². The molecule has 0 aliphatic carbocycles. The molecule has 1 aliphatic heterocycles. The summed E-state index contributed by atoms with van der Waals surface area (Å²) in [5.74, 6) is -2.88. The van der Waals surface area contributed by atoms with Gasteiger partial charge in [-0.3, -0.25) is 14.5 Å². The molecule has 5 N–H and O–H groups in total. The molecule has 2 aromatic carbocycles. The lowest BCUT2D eigenvalue weighted by Gasteiger charge is -2.39. The molecule has 13 nitrogen and oxygen atoms in total. The van der Waals surface area contributed by atoms with Crippen LogP contribution in [0.3, 0.4) is 0 Å². The Hall–Kier alpha value is -4.46. The normalized spacial score (nSPS) is 14.7. The minimum Gasteiger partial charge on any atom is -0.497 e. The van der Waals surface area contributed by atoms with Crippen LogP contribution in [0.4, 0.5) is 0 Å². The van der Waals surface area contributed by atoms with Gasteiger partial charge in [0.25, 0.3) is 0 Å². The van der Waals surface area contributed by atoms with Gasteiger partial charge >= 0.3 is 17.9 Å². The van der Waals surface area contributed by atoms with Gasteiger partial charge in [0.15, 0.2) is 5.60 Å². The van der Waals surface area contributed by atoms with Gasteiger partial charge in [0, 0.05) is 42.2 Å². The Bertz CT molecular complexity index is 1440. The third-order valence-electron chi connectivity index (χ3n) is 7.23. The van der Waals surface area contributed by atoms with Crippen molar-refractivity contribution in [2.45, 2.75) is 43.4 Å². The Labute approximate surface area is 247 Å². The lowest BCUT2D eigenvalue weighted by atomic mass is 9.84. The van der Waals surface area contributed by atoms with Gasteiger partial charge in [-0.2, -0.15) is 0 Å². The number of rotatable bonds is 11. The molecule has 0 unspecified atom stereocenters. The molecule has 0 saturated carbocycles. The van der Waals surface area contributed by atoms with Gasteiger partial charge in [-0.1, -0.05) is 18.2 Å². The van der Waals surface area contributed by atoms with Crippen molar-refractivity contribution in [2.75, 3.05) is 34.4 Å². The molecular weight excluding hydrogens is 564 g/mol. The maximum absolute atomic E-state index is 11.3. The van der Waals surface area contributed by atoms with E-state index in [0.717, 1.165) is 53.2 Å². The smallest absolute Gasteiger partial charge is 0.336 e. The van der Waals surface area contributed by atoms with Crippen LogP contribution in [0.1, 0.15) is 36.8 Å². The van der Waals surface area contributed by atoms with Crippen molar-refractivity contribution in [1.29, 1.82) is 0 Å². The van der Waals surface area contributed by atoms with Crippen molar-refractivity contribution < 1.29 is 54.1 Å². The number of aliphatic carboxylic acids is 3. The lowest BCUT2D eigenvalue weighted by molar-refractivity contribution is -0.170. The third kappa shape index (κ3) is 8.31. The van der Waals surface area contributed by atoms with E-state index in [4.69, 9.17) is 34.6 Å². The van der Waals surface area contributed by atoms with E-state index in [1.807, 2.05) is 42.5 Å². The first-order valence-corrected chi connectivity index (χ1v) is 13.3. The van der Waals surface area contributed by atoms with Crippen LogP contribution in [0.2, 0.25) is 0 Å². The number of hydrogen-bond acceptors (Lipinski definition) is 10. The second-order valence-corrected chi connectivity index (χ2v) is 10.2. The number of ether oxygens (including phenoxy) is 3. The number of carbonyl (C=O) groups is 3. The van der Waals surface area contributed by atoms with Gasteiger partial charge in [-0.05, 0) is 37.1 Å². The predicted molar refractivity (Wildman–Crippen MR) is 153 cm³/mol. The van der Waals surface area contributed by atoms with Crippen molar-refractivity contribution in [3.8, 4) is 17.4 Å². The fourth-order valence-corrected chi connectivity index (χ4v) is 4.92. The molecule has 0 amide bonds. The van der Waals surface area contributed by atoms with Crippen LogP contribution in [0.15, 0.2) is 48.5 Å². The summed E-state index contributed by atoms with van der Waals surface area (Å²) < 4.78 is 16.3. The van der Waals surface area contributed by atoms with E-state index in [1.165, 1.54) is 0 Å². The zero-order valence-electron chi connectivity index (χ0n) is 24.1. The van der Waals surface area contributed by atoms with E-state index in [-0.39, 0.29) is 0 Å². The maximum Gasteiger partial charge on any atom is 0.336 e. The van der Waals surface area contributed by atoms with E-state index in [1.54, 1.807) is 21.3 Å². The fourth-order valence-electron chi connectivity index (χ4n) is 4.92. The monoisotopic (exact) mass is 600 g/mol. The van der Waals surface area contributed by atoms with Crippen LogP contribution in [-0.4, -0.2) is 93.3 Å². The molecule has 1 saturated heterocycles. The number of pyridine rings is 1. The molecule has 3 aromatic rings. The summed E-state index contributed by atoms with van der Waals surface area (Å²) in [6.45, 7) is 2.27. The highest BCUT2D eigenvalue weighted by atomic mass is 16.5. The Morgan fingerprint density at radius 3 is 2.07 bits per heavy atom. The molecular formula is C30H36N2O11. The molecule has 1 fully saturated rings. The highest BCUT2D eigenvalue weighted by molar-refractivity contribution is 5.88. The molecule has 0 atom stereocenters. The van der Waals surface area contributed by atoms with Crippen molar-refractivity contribution in [3.05, 3.63) is 59.7 Å². The molecule has 13 heteroatoms. The molecule has 0 radical (unpaired) electrons. The number of fused-ring (bicyclic) bond motifs is 1. The zero-order chi connectivity index (χ0) is 31.8. The summed E-state index contributed by atoms with van der Waals surface area (Å²) in [4.78, 5) is 37.5. The van der Waals surface area contributed by atoms with Crippen molar-refractivity contribution in [3.63, 3.8) is 0 Å². The minimum absolute atomic E-state index is 0.626. The number of para-hydroxylation sites is 1. The maximum atomic E-state index is 11.3. The van der Waals surface area contributed by atoms with Gasteiger partial charge in [-0.25, -0.2) is 9.78 Å². The first kappa shape index (κ1) is 33.0. The van der Waals surface area contributed by atoms with Gasteiger partial charge < -0.3 is 39.7 Å². The molecule has 2 heterocycles. The quantitative estimate of drug-likeness (QED) is 0.215. The number of benzene rings is 2. The summed E-state index contributed by atoms with van der Waals surface area (Å²) in [5.41, 5.74) is -0.855. The van der Waals surface area contributed by atoms with Crippen LogP contribution >= 0.6 is 0 Å². The van der Waals surface area contributed by atoms with E-state index >= 15 is 0 Å². The largest absolute Gasteiger partial charge is 0.497 e. The van der Waals surface area contributed by atoms with E-state index in [2.05, 4.69) is 16.0 Å². The molecule has 43 heavy (non-hydrogen) atoms. The zero-order valence-corrected chi connectivity index (χ0v) is 24.1. The van der Waals surface area contributed by atoms with E-state index < -0.39 is 42.0 Å². The average molecular weight is 601 g/mol. The topological polar surface area (TPSA) is 196 Å². The van der Waals surface area contributed by atoms with Gasteiger partial charge in [0.05, 0.1) is 45.3 Å². The Kier molecular flexibility index (Phi) is 10.9. The molecule has 232 valence electrons. The number of methoxy groups -OCH3 is 3. The first-order chi connectivity index (χ1) is 20.3. The Morgan fingerprint density at radius 2 is 1.53 bits per heavy atom. The summed E-state index contributed by atoms with van der Waals surface area (Å²) in [6, 6.07) is 15.7. The fraction of sp³-hybridized carbons (Fsp3) is 0.400. The number of piperidine rings is 1. The summed E-state index contributed by atoms with van der Waals surface area (Å²) in [5, 5.41) is 46.1. The number of carboxylic acid groups (broad SMARTS) is 3. The van der Waals surface area contributed by atoms with Crippen molar-refractivity contribution >= 4 is 28.8 Å². The van der Waals surface area contributed by atoms with Crippen LogP contribution in [0.5, 0.6) is 17.4 Å². The van der Waals surface area contributed by atoms with E-state index in [0.29, 0.717) is 18.7 Å². The van der Waals surface area contributed by atoms with Gasteiger partial charge in [0.2, 0.25) is 5.88 Å². The highest BCUT2D eigenvalue weighted by Crippen LogP contribution is 2.38. The molecule has 0 bridgehead atoms. The SMILES string of the molecule is COc1ccc2cc(CN3CCC(O)(c4ccccc4OC)CC3)c(OC)nc2c1.O=C(O)CC(O)(CC(=O)O)C(=O)O. The number of hydrogen-bond donors (Lipinski definition) is 5. The lowest BCUT2D eigenvalue weighted by Crippen LogP contribution is -2.42. The van der Waals surface area contributed by atoms with Crippen LogP contribution in [0.25, 0.3) is 10.9 Å². The molecule has 4 rings (SSSR count). The molecule has 0 spiro atoms. The predicted octanol–water partition coefficient (Wildman–Crippen LogP) is 2.50. The van der Waals surface area contributed by atoms with Gasteiger partial charge in [-0.15, -0.1) is 0 Å². The van der Waals surface area contributed by atoms with Crippen molar-refractivity contribution in [1.82, 2.24) is 9.88 Å². The first-order valence-electron chi connectivity index (χ1n) is 13.3. The number of aliphatic hydroxyl groups is 2. The molecule has 1 aromatic heterocycles. The van der Waals surface area contributed by atoms with Crippen LogP contribution in [-0.2, 0) is 26.5 Å². The summed E-state index contributed by atoms with van der Waals surface area (Å²) in [6.07, 6.45) is -0.995. The summed E-state index contributed by atoms with van der Waals surface area (Å²) >= 11 is 0. The van der Waals surface area contributed by atoms with E-state index in [9.17, 15) is 19.5 Å². The molecule has 1 aliphatic rings. The number of nitrogens with zero attached hydrogens (tertiary/aromatic N) is 2. The number of aromatic nitrogens is 1. The second-order valence-electron chi connectivity index (χ2n) is 10.2. The number of carboxylic acids is 3. The Balaban J connectivity index is 0.000000331. The van der Waals surface area contributed by atoms with Crippen molar-refractivity contribution in [2.24, 2.45) is 0 Å². The summed E-state index contributed by atoms with van der Waals surface area (Å²) in [7, 11) is 4.94. The highest BCUT2D eigenvalue weighted by Gasteiger charge is 2.41. The second kappa shape index (κ2) is 14.1.